The molecule has 1 unspecified atom stereocenters. The van der Waals surface area contributed by atoms with Crippen molar-refractivity contribution in [3.05, 3.63) is 11.6 Å². The topological polar surface area (TPSA) is 122 Å². The number of hydrogen-bond acceptors (Lipinski definition) is 8. The van der Waals surface area contributed by atoms with Gasteiger partial charge in [0.05, 0.1) is 13.2 Å². The second-order valence-electron chi connectivity index (χ2n) is 6.28. The van der Waals surface area contributed by atoms with Gasteiger partial charge in [0.15, 0.2) is 0 Å². The van der Waals surface area contributed by atoms with Crippen LogP contribution in [0.3, 0.4) is 0 Å². The zero-order chi connectivity index (χ0) is 18.9. The summed E-state index contributed by atoms with van der Waals surface area (Å²) >= 11 is 0.728. The van der Waals surface area contributed by atoms with Crippen LogP contribution in [-0.4, -0.2) is 78.5 Å². The van der Waals surface area contributed by atoms with Gasteiger partial charge in [-0.25, -0.2) is 22.0 Å². The summed E-state index contributed by atoms with van der Waals surface area (Å²) in [6.45, 7) is 6.67. The Morgan fingerprint density at radius 3 is 2.59 bits per heavy atom. The summed E-state index contributed by atoms with van der Waals surface area (Å²) < 4.78 is 56.0. The average molecular weight is 461 g/mol. The van der Waals surface area contributed by atoms with Gasteiger partial charge in [-0.05, 0) is 12.6 Å². The first-order valence-corrected chi connectivity index (χ1v) is 12.2. The Balaban J connectivity index is 0.00000261. The molecule has 9 nitrogen and oxygen atoms in total. The zero-order valence-electron chi connectivity index (χ0n) is 15.0. The lowest BCUT2D eigenvalue weighted by molar-refractivity contribution is 0.0360. The minimum absolute atomic E-state index is 0. The highest BCUT2D eigenvalue weighted by molar-refractivity contribution is 7.94. The summed E-state index contributed by atoms with van der Waals surface area (Å²) in [5.41, 5.74) is 0.489. The summed E-state index contributed by atoms with van der Waals surface area (Å²) in [4.78, 5) is 2.17. The van der Waals surface area contributed by atoms with Crippen LogP contribution in [0.2, 0.25) is 0 Å². The Labute approximate surface area is 170 Å². The van der Waals surface area contributed by atoms with E-state index in [1.54, 1.807) is 0 Å². The highest BCUT2D eigenvalue weighted by Gasteiger charge is 2.39. The Bertz CT molecular complexity index is 852. The number of morpholine rings is 1. The molecule has 1 fully saturated rings. The van der Waals surface area contributed by atoms with Gasteiger partial charge in [0, 0.05) is 44.3 Å². The van der Waals surface area contributed by atoms with Crippen LogP contribution >= 0.6 is 23.7 Å². The van der Waals surface area contributed by atoms with E-state index in [9.17, 15) is 16.8 Å². The molecule has 1 aromatic heterocycles. The van der Waals surface area contributed by atoms with Crippen LogP contribution in [0.25, 0.3) is 0 Å². The second kappa shape index (κ2) is 9.01. The molecule has 2 aliphatic rings. The van der Waals surface area contributed by atoms with Gasteiger partial charge < -0.3 is 10.1 Å². The molecule has 0 spiro atoms. The van der Waals surface area contributed by atoms with Gasteiger partial charge in [-0.3, -0.25) is 4.90 Å². The lowest BCUT2D eigenvalue weighted by Crippen LogP contribution is -2.47. The van der Waals surface area contributed by atoms with Crippen molar-refractivity contribution in [3.63, 3.8) is 0 Å². The maximum Gasteiger partial charge on any atom is 0.253 e. The molecule has 0 radical (unpaired) electrons. The van der Waals surface area contributed by atoms with E-state index in [0.29, 0.717) is 38.4 Å². The predicted octanol–water partition coefficient (Wildman–Crippen LogP) is -0.196. The number of thiophene rings is 1. The fourth-order valence-corrected chi connectivity index (χ4v) is 7.44. The smallest absolute Gasteiger partial charge is 0.253 e. The summed E-state index contributed by atoms with van der Waals surface area (Å²) in [5.74, 6) is 0. The standard InChI is InChI=1S/C14H24N4O5S3.ClH/c1-2-16-12-10-18(4-3-17-5-7-23-8-6-17)26(21,22)14-11(12)9-13(24-14)25(15,19)20;/h9,12,16H,2-8,10H2,1H3,(H2,15,19,20);1H. The van der Waals surface area contributed by atoms with E-state index in [-0.39, 0.29) is 33.4 Å². The first kappa shape index (κ1) is 23.0. The van der Waals surface area contributed by atoms with Gasteiger partial charge in [-0.2, -0.15) is 4.31 Å². The van der Waals surface area contributed by atoms with Crippen molar-refractivity contribution in [2.75, 3.05) is 52.5 Å². The van der Waals surface area contributed by atoms with E-state index >= 15 is 0 Å². The Kier molecular flexibility index (Phi) is 7.67. The zero-order valence-corrected chi connectivity index (χ0v) is 18.2. The van der Waals surface area contributed by atoms with E-state index in [4.69, 9.17) is 9.88 Å². The molecular formula is C14H25ClN4O5S3. The molecule has 1 aromatic rings. The van der Waals surface area contributed by atoms with Crippen molar-refractivity contribution < 1.29 is 21.6 Å². The van der Waals surface area contributed by atoms with Gasteiger partial charge in [0.1, 0.15) is 8.42 Å². The minimum Gasteiger partial charge on any atom is -0.379 e. The lowest BCUT2D eigenvalue weighted by atomic mass is 10.1. The van der Waals surface area contributed by atoms with Crippen LogP contribution in [0.4, 0.5) is 0 Å². The average Bonchev–Trinajstić information content (AvgIpc) is 3.04. The fraction of sp³-hybridized carbons (Fsp3) is 0.714. The van der Waals surface area contributed by atoms with Crippen LogP contribution in [0.1, 0.15) is 18.5 Å². The van der Waals surface area contributed by atoms with Crippen molar-refractivity contribution in [2.24, 2.45) is 5.14 Å². The van der Waals surface area contributed by atoms with Gasteiger partial charge in [0.2, 0.25) is 10.0 Å². The third-order valence-electron chi connectivity index (χ3n) is 4.54. The molecule has 2 aliphatic heterocycles. The SMILES string of the molecule is CCNC1CN(CCN2CCOCC2)S(=O)(=O)c2sc(S(N)(=O)=O)cc21.Cl. The Morgan fingerprint density at radius 1 is 1.33 bits per heavy atom. The van der Waals surface area contributed by atoms with E-state index in [0.717, 1.165) is 24.4 Å². The summed E-state index contributed by atoms with van der Waals surface area (Å²) in [6.07, 6.45) is 0. The number of halogens is 1. The molecule has 1 atom stereocenters. The molecule has 0 bridgehead atoms. The summed E-state index contributed by atoms with van der Waals surface area (Å²) in [7, 11) is -7.69. The maximum atomic E-state index is 13.0. The van der Waals surface area contributed by atoms with E-state index in [1.165, 1.54) is 10.4 Å². The molecule has 27 heavy (non-hydrogen) atoms. The van der Waals surface area contributed by atoms with Crippen LogP contribution < -0.4 is 10.5 Å². The lowest BCUT2D eigenvalue weighted by Gasteiger charge is -2.34. The van der Waals surface area contributed by atoms with E-state index < -0.39 is 20.0 Å². The normalized spacial score (nSPS) is 23.6. The van der Waals surface area contributed by atoms with Crippen molar-refractivity contribution in [3.8, 4) is 0 Å². The van der Waals surface area contributed by atoms with Gasteiger partial charge >= 0.3 is 0 Å². The molecule has 1 saturated heterocycles. The van der Waals surface area contributed by atoms with E-state index in [2.05, 4.69) is 10.2 Å². The quantitative estimate of drug-likeness (QED) is 0.602. The molecule has 3 rings (SSSR count). The molecule has 3 N–H and O–H groups in total. The monoisotopic (exact) mass is 460 g/mol. The Morgan fingerprint density at radius 2 is 2.00 bits per heavy atom. The van der Waals surface area contributed by atoms with Crippen LogP contribution in [-0.2, 0) is 24.8 Å². The molecule has 0 saturated carbocycles. The number of ether oxygens (including phenoxy) is 1. The molecule has 13 heteroatoms. The van der Waals surface area contributed by atoms with Crippen LogP contribution in [0.5, 0.6) is 0 Å². The third kappa shape index (κ3) is 5.00. The second-order valence-corrected chi connectivity index (χ2v) is 11.3. The number of primary sulfonamides is 1. The van der Waals surface area contributed by atoms with Crippen molar-refractivity contribution in [2.45, 2.75) is 21.4 Å². The number of nitrogens with two attached hydrogens (primary N) is 1. The predicted molar refractivity (Wildman–Crippen MR) is 105 cm³/mol. The minimum atomic E-state index is -3.95. The first-order chi connectivity index (χ1) is 12.2. The van der Waals surface area contributed by atoms with Gasteiger partial charge in [0.25, 0.3) is 10.0 Å². The van der Waals surface area contributed by atoms with Gasteiger partial charge in [-0.15, -0.1) is 23.7 Å². The largest absolute Gasteiger partial charge is 0.379 e. The number of nitrogens with zero attached hydrogens (tertiary/aromatic N) is 2. The first-order valence-electron chi connectivity index (χ1n) is 8.43. The fourth-order valence-electron chi connectivity index (χ4n) is 3.18. The number of nitrogens with one attached hydrogen (secondary N) is 1. The highest BCUT2D eigenvalue weighted by atomic mass is 35.5. The van der Waals surface area contributed by atoms with Crippen LogP contribution in [0.15, 0.2) is 14.5 Å². The molecule has 3 heterocycles. The molecule has 0 aromatic carbocycles. The van der Waals surface area contributed by atoms with Crippen molar-refractivity contribution in [1.29, 1.82) is 0 Å². The summed E-state index contributed by atoms with van der Waals surface area (Å²) in [6, 6.07) is 1.13. The highest BCUT2D eigenvalue weighted by Crippen LogP contribution is 2.39. The van der Waals surface area contributed by atoms with Gasteiger partial charge in [-0.1, -0.05) is 6.92 Å². The number of hydrogen-bond donors (Lipinski definition) is 2. The molecule has 0 aliphatic carbocycles. The molecule has 0 amide bonds. The summed E-state index contributed by atoms with van der Waals surface area (Å²) in [5, 5.41) is 8.45. The number of rotatable bonds is 6. The van der Waals surface area contributed by atoms with Crippen LogP contribution in [0, 0.1) is 0 Å². The molecule has 156 valence electrons. The maximum absolute atomic E-state index is 13.0. The number of sulfonamides is 2. The van der Waals surface area contributed by atoms with E-state index in [1.807, 2.05) is 6.92 Å². The number of likely N-dealkylation sites (N-methyl/N-ethyl adjacent to an activating group) is 1. The molecular weight excluding hydrogens is 436 g/mol. The van der Waals surface area contributed by atoms with Crippen molar-refractivity contribution >= 4 is 43.8 Å². The van der Waals surface area contributed by atoms with Crippen molar-refractivity contribution in [1.82, 2.24) is 14.5 Å². The third-order valence-corrected chi connectivity index (χ3v) is 9.50. The Hall–Kier alpha value is -0.310. The number of fused-ring (bicyclic) bond motifs is 1.